The number of urea groups is 2. The van der Waals surface area contributed by atoms with Crippen molar-refractivity contribution in [2.45, 2.75) is 6.42 Å². The molecule has 0 aliphatic carbocycles. The number of carbonyl (C=O) groups is 3. The fraction of sp³-hybridized carbons (Fsp3) is 0.318. The van der Waals surface area contributed by atoms with Gasteiger partial charge in [-0.25, -0.2) is 9.59 Å². The Hall–Kier alpha value is -3.26. The Kier molecular flexibility index (Phi) is 5.99. The highest BCUT2D eigenvalue weighted by molar-refractivity contribution is 6.30. The first-order chi connectivity index (χ1) is 14.9. The number of benzene rings is 2. The molecule has 162 valence electrons. The zero-order valence-corrected chi connectivity index (χ0v) is 17.7. The summed E-state index contributed by atoms with van der Waals surface area (Å²) in [6.45, 7) is 1.88. The third kappa shape index (κ3) is 5.08. The minimum absolute atomic E-state index is 0.0690. The fourth-order valence-electron chi connectivity index (χ4n) is 4.07. The molecule has 2 aromatic rings. The molecule has 9 heteroatoms. The number of hydrogen-bond donors (Lipinski definition) is 3. The van der Waals surface area contributed by atoms with Crippen molar-refractivity contribution in [2.75, 3.05) is 43.4 Å². The molecule has 3 N–H and O–H groups in total. The lowest BCUT2D eigenvalue weighted by atomic mass is 9.86. The molecule has 2 aromatic carbocycles. The highest BCUT2D eigenvalue weighted by atomic mass is 35.5. The summed E-state index contributed by atoms with van der Waals surface area (Å²) >= 11 is 6.01. The molecule has 0 aromatic heterocycles. The number of hydrogen-bond acceptors (Lipinski definition) is 3. The van der Waals surface area contributed by atoms with Gasteiger partial charge in [0.1, 0.15) is 0 Å². The molecule has 4 rings (SSSR count). The van der Waals surface area contributed by atoms with Crippen LogP contribution >= 0.6 is 11.6 Å². The summed E-state index contributed by atoms with van der Waals surface area (Å²) in [6, 6.07) is 15.6. The van der Waals surface area contributed by atoms with Crippen molar-refractivity contribution in [1.29, 1.82) is 0 Å². The molecular weight excluding hydrogens is 418 g/mol. The zero-order valence-electron chi connectivity index (χ0n) is 16.9. The van der Waals surface area contributed by atoms with E-state index in [1.165, 1.54) is 0 Å². The van der Waals surface area contributed by atoms with Crippen molar-refractivity contribution < 1.29 is 14.4 Å². The normalized spacial score (nSPS) is 20.9. The number of amides is 5. The molecule has 1 atom stereocenters. The molecule has 0 bridgehead atoms. The summed E-state index contributed by atoms with van der Waals surface area (Å²) in [5.74, 6) is -0.0690. The summed E-state index contributed by atoms with van der Waals surface area (Å²) in [6.07, 6.45) is 0.267. The minimum atomic E-state index is -0.534. The molecule has 2 saturated heterocycles. The van der Waals surface area contributed by atoms with E-state index in [1.807, 2.05) is 30.3 Å². The van der Waals surface area contributed by atoms with Crippen molar-refractivity contribution in [3.8, 4) is 0 Å². The second-order valence-corrected chi connectivity index (χ2v) is 8.47. The van der Waals surface area contributed by atoms with Gasteiger partial charge in [0.2, 0.25) is 5.91 Å². The van der Waals surface area contributed by atoms with E-state index in [0.717, 1.165) is 0 Å². The monoisotopic (exact) mass is 441 g/mol. The second-order valence-electron chi connectivity index (χ2n) is 8.03. The standard InChI is InChI=1S/C22H24ClN5O3/c23-16-5-4-8-18(11-16)26-21(31)28-10-9-27(14-22(15-28)12-19(29)24-13-22)20(30)25-17-6-2-1-3-7-17/h1-8,11H,9-10,12-15H2,(H,24,29)(H,25,30)(H,26,31). The molecule has 1 unspecified atom stereocenters. The Morgan fingerprint density at radius 3 is 2.10 bits per heavy atom. The smallest absolute Gasteiger partial charge is 0.321 e. The number of nitrogens with one attached hydrogen (secondary N) is 3. The topological polar surface area (TPSA) is 93.8 Å². The van der Waals surface area contributed by atoms with E-state index in [0.29, 0.717) is 49.1 Å². The van der Waals surface area contributed by atoms with E-state index in [-0.39, 0.29) is 24.4 Å². The number of halogens is 1. The average molecular weight is 442 g/mol. The lowest BCUT2D eigenvalue weighted by Crippen LogP contribution is -2.46. The Morgan fingerprint density at radius 2 is 1.52 bits per heavy atom. The molecule has 2 heterocycles. The summed E-state index contributed by atoms with van der Waals surface area (Å²) in [7, 11) is 0. The molecule has 2 aliphatic rings. The zero-order chi connectivity index (χ0) is 21.8. The quantitative estimate of drug-likeness (QED) is 0.667. The van der Waals surface area contributed by atoms with Crippen LogP contribution in [0, 0.1) is 5.41 Å². The van der Waals surface area contributed by atoms with Gasteiger partial charge >= 0.3 is 12.1 Å². The van der Waals surface area contributed by atoms with E-state index in [2.05, 4.69) is 16.0 Å². The van der Waals surface area contributed by atoms with Crippen LogP contribution in [0.1, 0.15) is 6.42 Å². The maximum Gasteiger partial charge on any atom is 0.321 e. The molecular formula is C22H24ClN5O3. The SMILES string of the molecule is O=C1CC2(CN1)CN(C(=O)Nc1ccccc1)CCN(C(=O)Nc1cccc(Cl)c1)C2. The molecule has 1 spiro atoms. The number of carbonyl (C=O) groups excluding carboxylic acids is 3. The Morgan fingerprint density at radius 1 is 0.903 bits per heavy atom. The highest BCUT2D eigenvalue weighted by Gasteiger charge is 2.45. The maximum absolute atomic E-state index is 13.0. The van der Waals surface area contributed by atoms with Crippen LogP contribution in [0.25, 0.3) is 0 Å². The predicted octanol–water partition coefficient (Wildman–Crippen LogP) is 3.23. The largest absolute Gasteiger partial charge is 0.355 e. The third-order valence-electron chi connectivity index (χ3n) is 5.56. The molecule has 0 radical (unpaired) electrons. The summed E-state index contributed by atoms with van der Waals surface area (Å²) in [5, 5.41) is 9.14. The van der Waals surface area contributed by atoms with Gasteiger partial charge in [0, 0.05) is 61.0 Å². The van der Waals surface area contributed by atoms with Crippen LogP contribution in [0.4, 0.5) is 21.0 Å². The predicted molar refractivity (Wildman–Crippen MR) is 119 cm³/mol. The van der Waals surface area contributed by atoms with Crippen LogP contribution < -0.4 is 16.0 Å². The van der Waals surface area contributed by atoms with Gasteiger partial charge < -0.3 is 25.8 Å². The molecule has 2 aliphatic heterocycles. The van der Waals surface area contributed by atoms with Crippen LogP contribution in [-0.2, 0) is 4.79 Å². The number of rotatable bonds is 2. The Bertz CT molecular complexity index is 986. The van der Waals surface area contributed by atoms with Crippen molar-refractivity contribution in [1.82, 2.24) is 15.1 Å². The van der Waals surface area contributed by atoms with Crippen molar-refractivity contribution in [3.05, 3.63) is 59.6 Å². The van der Waals surface area contributed by atoms with Crippen LogP contribution in [0.2, 0.25) is 5.02 Å². The maximum atomic E-state index is 13.0. The first-order valence-corrected chi connectivity index (χ1v) is 10.5. The lowest BCUT2D eigenvalue weighted by Gasteiger charge is -2.32. The summed E-state index contributed by atoms with van der Waals surface area (Å²) in [4.78, 5) is 41.3. The Balaban J connectivity index is 1.50. The van der Waals surface area contributed by atoms with E-state index < -0.39 is 5.41 Å². The van der Waals surface area contributed by atoms with Gasteiger partial charge in [0.05, 0.1) is 0 Å². The van der Waals surface area contributed by atoms with Gasteiger partial charge in [-0.1, -0.05) is 35.9 Å². The van der Waals surface area contributed by atoms with E-state index in [1.54, 1.807) is 34.1 Å². The molecule has 2 fully saturated rings. The molecule has 8 nitrogen and oxygen atoms in total. The molecule has 5 amide bonds. The van der Waals surface area contributed by atoms with Crippen LogP contribution in [0.5, 0.6) is 0 Å². The Labute approximate surface area is 185 Å². The summed E-state index contributed by atoms with van der Waals surface area (Å²) in [5.41, 5.74) is 0.755. The van der Waals surface area contributed by atoms with Gasteiger partial charge in [-0.15, -0.1) is 0 Å². The van der Waals surface area contributed by atoms with Crippen molar-refractivity contribution in [2.24, 2.45) is 5.41 Å². The molecule has 0 saturated carbocycles. The van der Waals surface area contributed by atoms with Gasteiger partial charge in [0.25, 0.3) is 0 Å². The van der Waals surface area contributed by atoms with Crippen LogP contribution in [0.3, 0.4) is 0 Å². The van der Waals surface area contributed by atoms with Crippen LogP contribution in [0.15, 0.2) is 54.6 Å². The van der Waals surface area contributed by atoms with E-state index >= 15 is 0 Å². The highest BCUT2D eigenvalue weighted by Crippen LogP contribution is 2.31. The van der Waals surface area contributed by atoms with Gasteiger partial charge in [-0.3, -0.25) is 4.79 Å². The minimum Gasteiger partial charge on any atom is -0.355 e. The van der Waals surface area contributed by atoms with Gasteiger partial charge in [-0.2, -0.15) is 0 Å². The summed E-state index contributed by atoms with van der Waals surface area (Å²) < 4.78 is 0. The first-order valence-electron chi connectivity index (χ1n) is 10.1. The van der Waals surface area contributed by atoms with Crippen molar-refractivity contribution in [3.63, 3.8) is 0 Å². The number of nitrogens with zero attached hydrogens (tertiary/aromatic N) is 2. The fourth-order valence-corrected chi connectivity index (χ4v) is 4.26. The second kappa shape index (κ2) is 8.85. The lowest BCUT2D eigenvalue weighted by molar-refractivity contribution is -0.119. The van der Waals surface area contributed by atoms with Gasteiger partial charge in [-0.05, 0) is 30.3 Å². The van der Waals surface area contributed by atoms with E-state index in [9.17, 15) is 14.4 Å². The average Bonchev–Trinajstić information content (AvgIpc) is 2.99. The first kappa shape index (κ1) is 21.0. The van der Waals surface area contributed by atoms with Gasteiger partial charge in [0.15, 0.2) is 0 Å². The van der Waals surface area contributed by atoms with Crippen LogP contribution in [-0.4, -0.2) is 60.5 Å². The van der Waals surface area contributed by atoms with E-state index in [4.69, 9.17) is 11.6 Å². The van der Waals surface area contributed by atoms with Crippen molar-refractivity contribution >= 4 is 40.9 Å². The number of anilines is 2. The third-order valence-corrected chi connectivity index (χ3v) is 5.80. The number of para-hydroxylation sites is 1. The molecule has 31 heavy (non-hydrogen) atoms.